The molecule has 2 amide bonds. The molecular formula is C13H24N2O4. The summed E-state index contributed by atoms with van der Waals surface area (Å²) in [4.78, 5) is 24.4. The number of urea groups is 1. The Morgan fingerprint density at radius 2 is 2.16 bits per heavy atom. The first-order chi connectivity index (χ1) is 9.04. The number of carbonyl (C=O) groups is 2. The maximum absolute atomic E-state index is 11.9. The van der Waals surface area contributed by atoms with Crippen LogP contribution < -0.4 is 5.32 Å². The fourth-order valence-electron chi connectivity index (χ4n) is 2.28. The smallest absolute Gasteiger partial charge is 0.317 e. The minimum atomic E-state index is -0.761. The Kier molecular flexibility index (Phi) is 6.62. The van der Waals surface area contributed by atoms with Gasteiger partial charge in [0.1, 0.15) is 0 Å². The number of hydrogen-bond acceptors (Lipinski definition) is 3. The zero-order valence-corrected chi connectivity index (χ0v) is 11.7. The predicted molar refractivity (Wildman–Crippen MR) is 71.0 cm³/mol. The van der Waals surface area contributed by atoms with Crippen LogP contribution in [0.2, 0.25) is 0 Å². The van der Waals surface area contributed by atoms with E-state index in [9.17, 15) is 9.59 Å². The minimum absolute atomic E-state index is 0.0307. The molecular weight excluding hydrogens is 248 g/mol. The molecule has 1 rings (SSSR count). The fourth-order valence-corrected chi connectivity index (χ4v) is 2.28. The van der Waals surface area contributed by atoms with Crippen molar-refractivity contribution in [1.29, 1.82) is 0 Å². The number of amides is 2. The van der Waals surface area contributed by atoms with Crippen molar-refractivity contribution < 1.29 is 19.4 Å². The monoisotopic (exact) mass is 272 g/mol. The molecule has 0 radical (unpaired) electrons. The summed E-state index contributed by atoms with van der Waals surface area (Å²) < 4.78 is 5.19. The second-order valence-electron chi connectivity index (χ2n) is 4.97. The average molecular weight is 272 g/mol. The van der Waals surface area contributed by atoms with E-state index in [0.29, 0.717) is 32.6 Å². The van der Waals surface area contributed by atoms with Gasteiger partial charge in [-0.25, -0.2) is 4.79 Å². The molecule has 0 bridgehead atoms. The highest BCUT2D eigenvalue weighted by Crippen LogP contribution is 2.24. The van der Waals surface area contributed by atoms with Crippen molar-refractivity contribution in [1.82, 2.24) is 10.2 Å². The Labute approximate surface area is 114 Å². The van der Waals surface area contributed by atoms with Gasteiger partial charge >= 0.3 is 12.0 Å². The zero-order valence-electron chi connectivity index (χ0n) is 11.7. The van der Waals surface area contributed by atoms with Crippen LogP contribution in [0.1, 0.15) is 32.6 Å². The third-order valence-electron chi connectivity index (χ3n) is 3.47. The molecule has 19 heavy (non-hydrogen) atoms. The minimum Gasteiger partial charge on any atom is -0.481 e. The predicted octanol–water partition coefficient (Wildman–Crippen LogP) is 1.31. The van der Waals surface area contributed by atoms with Crippen molar-refractivity contribution in [2.75, 3.05) is 26.8 Å². The van der Waals surface area contributed by atoms with Crippen molar-refractivity contribution in [2.24, 2.45) is 5.92 Å². The Bertz CT molecular complexity index is 309. The van der Waals surface area contributed by atoms with Crippen LogP contribution in [0, 0.1) is 5.92 Å². The standard InChI is InChI=1S/C13H24N2O4/c1-3-19-8-7-15(2)13(18)14-11-6-4-5-10(9-11)12(16)17/h10-11H,3-9H2,1-2H3,(H,14,18)(H,16,17). The number of likely N-dealkylation sites (N-methyl/N-ethyl adjacent to an activating group) is 1. The van der Waals surface area contributed by atoms with E-state index in [-0.39, 0.29) is 18.0 Å². The van der Waals surface area contributed by atoms with E-state index in [4.69, 9.17) is 9.84 Å². The molecule has 0 aliphatic heterocycles. The number of ether oxygens (including phenoxy) is 1. The van der Waals surface area contributed by atoms with Gasteiger partial charge in [0.15, 0.2) is 0 Å². The molecule has 6 nitrogen and oxygen atoms in total. The zero-order chi connectivity index (χ0) is 14.3. The lowest BCUT2D eigenvalue weighted by Gasteiger charge is -2.29. The number of aliphatic carboxylic acids is 1. The largest absolute Gasteiger partial charge is 0.481 e. The summed E-state index contributed by atoms with van der Waals surface area (Å²) in [7, 11) is 1.71. The Balaban J connectivity index is 2.32. The van der Waals surface area contributed by atoms with Crippen LogP contribution in [-0.2, 0) is 9.53 Å². The molecule has 0 aromatic rings. The Morgan fingerprint density at radius 3 is 2.79 bits per heavy atom. The maximum atomic E-state index is 11.9. The van der Waals surface area contributed by atoms with E-state index in [1.165, 1.54) is 0 Å². The summed E-state index contributed by atoms with van der Waals surface area (Å²) in [6.07, 6.45) is 2.95. The second-order valence-corrected chi connectivity index (χ2v) is 4.97. The van der Waals surface area contributed by atoms with Crippen molar-refractivity contribution in [2.45, 2.75) is 38.6 Å². The summed E-state index contributed by atoms with van der Waals surface area (Å²) >= 11 is 0. The van der Waals surface area contributed by atoms with Gasteiger partial charge in [-0.3, -0.25) is 4.79 Å². The van der Waals surface area contributed by atoms with E-state index >= 15 is 0 Å². The molecule has 1 aliphatic carbocycles. The first-order valence-electron chi connectivity index (χ1n) is 6.86. The SMILES string of the molecule is CCOCCN(C)C(=O)NC1CCCC(C(=O)O)C1. The first-order valence-corrected chi connectivity index (χ1v) is 6.86. The summed E-state index contributed by atoms with van der Waals surface area (Å²) in [6, 6.07) is -0.187. The molecule has 1 saturated carbocycles. The topological polar surface area (TPSA) is 78.9 Å². The lowest BCUT2D eigenvalue weighted by molar-refractivity contribution is -0.143. The van der Waals surface area contributed by atoms with Crippen LogP contribution in [-0.4, -0.2) is 54.9 Å². The van der Waals surface area contributed by atoms with E-state index in [1.54, 1.807) is 11.9 Å². The molecule has 2 atom stereocenters. The summed E-state index contributed by atoms with van der Waals surface area (Å²) in [5, 5.41) is 11.9. The van der Waals surface area contributed by atoms with E-state index in [0.717, 1.165) is 12.8 Å². The number of nitrogens with zero attached hydrogens (tertiary/aromatic N) is 1. The number of carboxylic acid groups (broad SMARTS) is 1. The molecule has 0 aromatic heterocycles. The van der Waals surface area contributed by atoms with Gasteiger partial charge in [0.2, 0.25) is 0 Å². The number of carboxylic acids is 1. The molecule has 0 saturated heterocycles. The maximum Gasteiger partial charge on any atom is 0.317 e. The summed E-state index contributed by atoms with van der Waals surface area (Å²) in [5.74, 6) is -1.09. The number of carbonyl (C=O) groups excluding carboxylic acids is 1. The summed E-state index contributed by atoms with van der Waals surface area (Å²) in [5.41, 5.74) is 0. The van der Waals surface area contributed by atoms with E-state index in [2.05, 4.69) is 5.32 Å². The Morgan fingerprint density at radius 1 is 1.42 bits per heavy atom. The second kappa shape index (κ2) is 7.99. The third-order valence-corrected chi connectivity index (χ3v) is 3.47. The highest BCUT2D eigenvalue weighted by atomic mass is 16.5. The average Bonchev–Trinajstić information content (AvgIpc) is 2.39. The van der Waals surface area contributed by atoms with Crippen LogP contribution in [0.5, 0.6) is 0 Å². The molecule has 0 heterocycles. The first kappa shape index (κ1) is 15.8. The molecule has 110 valence electrons. The van der Waals surface area contributed by atoms with Crippen LogP contribution in [0.4, 0.5) is 4.79 Å². The summed E-state index contributed by atoms with van der Waals surface area (Å²) in [6.45, 7) is 3.60. The van der Waals surface area contributed by atoms with Gasteiger partial charge in [0, 0.05) is 26.2 Å². The van der Waals surface area contributed by atoms with Crippen molar-refractivity contribution in [3.63, 3.8) is 0 Å². The van der Waals surface area contributed by atoms with Crippen LogP contribution in [0.3, 0.4) is 0 Å². The van der Waals surface area contributed by atoms with Gasteiger partial charge < -0.3 is 20.1 Å². The van der Waals surface area contributed by atoms with Gasteiger partial charge in [0.25, 0.3) is 0 Å². The van der Waals surface area contributed by atoms with Gasteiger partial charge in [-0.15, -0.1) is 0 Å². The lowest BCUT2D eigenvalue weighted by atomic mass is 9.86. The highest BCUT2D eigenvalue weighted by Gasteiger charge is 2.28. The van der Waals surface area contributed by atoms with Crippen molar-refractivity contribution >= 4 is 12.0 Å². The number of hydrogen-bond donors (Lipinski definition) is 2. The fraction of sp³-hybridized carbons (Fsp3) is 0.846. The van der Waals surface area contributed by atoms with Gasteiger partial charge in [0.05, 0.1) is 12.5 Å². The molecule has 2 N–H and O–H groups in total. The van der Waals surface area contributed by atoms with Crippen LogP contribution in [0.25, 0.3) is 0 Å². The molecule has 0 spiro atoms. The molecule has 1 fully saturated rings. The van der Waals surface area contributed by atoms with Gasteiger partial charge in [-0.2, -0.15) is 0 Å². The van der Waals surface area contributed by atoms with E-state index in [1.807, 2.05) is 6.92 Å². The Hall–Kier alpha value is -1.30. The number of rotatable bonds is 6. The van der Waals surface area contributed by atoms with Crippen molar-refractivity contribution in [3.8, 4) is 0 Å². The third kappa shape index (κ3) is 5.46. The number of nitrogens with one attached hydrogen (secondary N) is 1. The van der Waals surface area contributed by atoms with Gasteiger partial charge in [-0.1, -0.05) is 6.42 Å². The van der Waals surface area contributed by atoms with Gasteiger partial charge in [-0.05, 0) is 26.2 Å². The molecule has 2 unspecified atom stereocenters. The molecule has 0 aromatic carbocycles. The van der Waals surface area contributed by atoms with Crippen LogP contribution in [0.15, 0.2) is 0 Å². The normalized spacial score (nSPS) is 22.8. The van der Waals surface area contributed by atoms with E-state index < -0.39 is 5.97 Å². The van der Waals surface area contributed by atoms with Crippen LogP contribution >= 0.6 is 0 Å². The van der Waals surface area contributed by atoms with Crippen molar-refractivity contribution in [3.05, 3.63) is 0 Å². The molecule has 6 heteroatoms. The quantitative estimate of drug-likeness (QED) is 0.714. The highest BCUT2D eigenvalue weighted by molar-refractivity contribution is 5.74. The molecule has 1 aliphatic rings. The lowest BCUT2D eigenvalue weighted by Crippen LogP contribution is -2.46.